The lowest BCUT2D eigenvalue weighted by Crippen LogP contribution is -2.07. The first kappa shape index (κ1) is 12.9. The minimum absolute atomic E-state index is 0.348. The van der Waals surface area contributed by atoms with Crippen LogP contribution in [0.5, 0.6) is 11.5 Å². The van der Waals surface area contributed by atoms with Crippen molar-refractivity contribution in [1.82, 2.24) is 0 Å². The maximum Gasteiger partial charge on any atom is 0.123 e. The van der Waals surface area contributed by atoms with Gasteiger partial charge in [0, 0.05) is 5.56 Å². The highest BCUT2D eigenvalue weighted by Gasteiger charge is 2.11. The maximum atomic E-state index is 9.70. The van der Waals surface area contributed by atoms with E-state index in [1.54, 1.807) is 0 Å². The summed E-state index contributed by atoms with van der Waals surface area (Å²) in [6.45, 7) is 11.1. The summed E-state index contributed by atoms with van der Waals surface area (Å²) >= 11 is 0. The van der Waals surface area contributed by atoms with E-state index in [9.17, 15) is 5.11 Å². The van der Waals surface area contributed by atoms with Crippen LogP contribution in [0.3, 0.4) is 0 Å². The molecule has 0 bridgehead atoms. The number of ether oxygens (including phenoxy) is 1. The number of rotatable bonds is 4. The van der Waals surface area contributed by atoms with Gasteiger partial charge in [0.2, 0.25) is 0 Å². The van der Waals surface area contributed by atoms with Gasteiger partial charge < -0.3 is 9.84 Å². The normalized spacial score (nSPS) is 11.2. The number of phenolic OH excluding ortho intramolecular Hbond substituents is 1. The van der Waals surface area contributed by atoms with Crippen LogP contribution in [0.15, 0.2) is 12.1 Å². The average Bonchev–Trinajstić information content (AvgIpc) is 2.18. The van der Waals surface area contributed by atoms with E-state index in [1.807, 2.05) is 19.1 Å². The first-order valence-corrected chi connectivity index (χ1v) is 5.88. The third kappa shape index (κ3) is 3.16. The van der Waals surface area contributed by atoms with Gasteiger partial charge in [0.25, 0.3) is 0 Å². The maximum absolute atomic E-state index is 9.70. The number of benzene rings is 1. The molecule has 1 aromatic carbocycles. The summed E-state index contributed by atoms with van der Waals surface area (Å²) < 4.78 is 5.78. The quantitative estimate of drug-likeness (QED) is 0.838. The van der Waals surface area contributed by atoms with Gasteiger partial charge in [-0.2, -0.15) is 0 Å². The number of aromatic hydroxyl groups is 1. The molecule has 0 aliphatic rings. The van der Waals surface area contributed by atoms with Crippen LogP contribution in [0.2, 0.25) is 0 Å². The van der Waals surface area contributed by atoms with Crippen LogP contribution < -0.4 is 4.74 Å². The largest absolute Gasteiger partial charge is 0.508 e. The van der Waals surface area contributed by atoms with E-state index in [0.29, 0.717) is 24.2 Å². The van der Waals surface area contributed by atoms with E-state index >= 15 is 0 Å². The van der Waals surface area contributed by atoms with Gasteiger partial charge >= 0.3 is 0 Å². The van der Waals surface area contributed by atoms with E-state index in [4.69, 9.17) is 4.74 Å². The second-order valence-electron chi connectivity index (χ2n) is 5.04. The van der Waals surface area contributed by atoms with Gasteiger partial charge in [-0.1, -0.05) is 27.7 Å². The van der Waals surface area contributed by atoms with Crippen molar-refractivity contribution in [2.75, 3.05) is 6.61 Å². The number of hydrogen-bond donors (Lipinski definition) is 1. The Kier molecular flexibility index (Phi) is 4.22. The van der Waals surface area contributed by atoms with Crippen molar-refractivity contribution < 1.29 is 9.84 Å². The van der Waals surface area contributed by atoms with Crippen LogP contribution in [0.25, 0.3) is 0 Å². The summed E-state index contributed by atoms with van der Waals surface area (Å²) in [5.74, 6) is 2.11. The molecule has 1 aromatic rings. The molecule has 0 spiro atoms. The highest BCUT2D eigenvalue weighted by molar-refractivity contribution is 5.46. The first-order chi connectivity index (χ1) is 7.41. The molecule has 0 atom stereocenters. The summed E-state index contributed by atoms with van der Waals surface area (Å²) in [4.78, 5) is 0. The van der Waals surface area contributed by atoms with Crippen molar-refractivity contribution in [2.45, 2.75) is 40.5 Å². The summed E-state index contributed by atoms with van der Waals surface area (Å²) in [7, 11) is 0. The molecule has 0 fully saturated rings. The molecule has 1 rings (SSSR count). The molecule has 0 saturated carbocycles. The highest BCUT2D eigenvalue weighted by Crippen LogP contribution is 2.32. The van der Waals surface area contributed by atoms with Crippen LogP contribution in [0, 0.1) is 12.8 Å². The van der Waals surface area contributed by atoms with Crippen molar-refractivity contribution >= 4 is 0 Å². The van der Waals surface area contributed by atoms with Gasteiger partial charge in [-0.25, -0.2) is 0 Å². The van der Waals surface area contributed by atoms with Crippen LogP contribution in [-0.2, 0) is 0 Å². The molecule has 0 aliphatic carbocycles. The van der Waals surface area contributed by atoms with Crippen molar-refractivity contribution in [2.24, 2.45) is 5.92 Å². The Morgan fingerprint density at radius 1 is 1.19 bits per heavy atom. The fraction of sp³-hybridized carbons (Fsp3) is 0.571. The van der Waals surface area contributed by atoms with Gasteiger partial charge in [-0.3, -0.25) is 0 Å². The topological polar surface area (TPSA) is 29.5 Å². The standard InChI is InChI=1S/C14H22O2/c1-9(2)8-16-14-6-11(5)13(15)7-12(14)10(3)4/h6-7,9-10,15H,8H2,1-5H3. The van der Waals surface area contributed by atoms with Gasteiger partial charge in [0.1, 0.15) is 11.5 Å². The molecule has 16 heavy (non-hydrogen) atoms. The predicted molar refractivity (Wildman–Crippen MR) is 67.3 cm³/mol. The molecule has 1 N–H and O–H groups in total. The zero-order valence-corrected chi connectivity index (χ0v) is 10.9. The molecule has 0 saturated heterocycles. The molecule has 0 heterocycles. The van der Waals surface area contributed by atoms with E-state index in [1.165, 1.54) is 0 Å². The minimum atomic E-state index is 0.348. The highest BCUT2D eigenvalue weighted by atomic mass is 16.5. The van der Waals surface area contributed by atoms with Crippen LogP contribution in [-0.4, -0.2) is 11.7 Å². The van der Waals surface area contributed by atoms with Crippen LogP contribution >= 0.6 is 0 Å². The fourth-order valence-electron chi connectivity index (χ4n) is 1.52. The second kappa shape index (κ2) is 5.24. The Bertz CT molecular complexity index is 354. The first-order valence-electron chi connectivity index (χ1n) is 5.88. The lowest BCUT2D eigenvalue weighted by atomic mass is 10.00. The molecule has 0 aliphatic heterocycles. The summed E-state index contributed by atoms with van der Waals surface area (Å²) in [5, 5.41) is 9.70. The van der Waals surface area contributed by atoms with Crippen molar-refractivity contribution in [1.29, 1.82) is 0 Å². The minimum Gasteiger partial charge on any atom is -0.508 e. The predicted octanol–water partition coefficient (Wildman–Crippen LogP) is 3.86. The molecule has 2 heteroatoms. The summed E-state index contributed by atoms with van der Waals surface area (Å²) in [6.07, 6.45) is 0. The zero-order valence-electron chi connectivity index (χ0n) is 10.9. The Morgan fingerprint density at radius 2 is 1.81 bits per heavy atom. The Morgan fingerprint density at radius 3 is 2.31 bits per heavy atom. The van der Waals surface area contributed by atoms with Crippen molar-refractivity contribution in [3.8, 4) is 11.5 Å². The summed E-state index contributed by atoms with van der Waals surface area (Å²) in [6, 6.07) is 3.74. The van der Waals surface area contributed by atoms with Crippen molar-refractivity contribution in [3.63, 3.8) is 0 Å². The molecular formula is C14H22O2. The monoisotopic (exact) mass is 222 g/mol. The molecular weight excluding hydrogens is 200 g/mol. The smallest absolute Gasteiger partial charge is 0.123 e. The van der Waals surface area contributed by atoms with E-state index in [-0.39, 0.29) is 0 Å². The Labute approximate surface area is 98.3 Å². The molecule has 0 amide bonds. The van der Waals surface area contributed by atoms with Crippen LogP contribution in [0.4, 0.5) is 0 Å². The number of aryl methyl sites for hydroxylation is 1. The molecule has 90 valence electrons. The third-order valence-corrected chi connectivity index (χ3v) is 2.52. The zero-order chi connectivity index (χ0) is 12.3. The molecule has 2 nitrogen and oxygen atoms in total. The van der Waals surface area contributed by atoms with E-state index < -0.39 is 0 Å². The Hall–Kier alpha value is -1.18. The summed E-state index contributed by atoms with van der Waals surface area (Å²) in [5.41, 5.74) is 1.94. The number of phenols is 1. The lowest BCUT2D eigenvalue weighted by Gasteiger charge is -2.17. The van der Waals surface area contributed by atoms with E-state index in [2.05, 4.69) is 27.7 Å². The molecule has 0 aromatic heterocycles. The van der Waals surface area contributed by atoms with Crippen molar-refractivity contribution in [3.05, 3.63) is 23.3 Å². The lowest BCUT2D eigenvalue weighted by molar-refractivity contribution is 0.267. The average molecular weight is 222 g/mol. The molecule has 0 unspecified atom stereocenters. The SMILES string of the molecule is Cc1cc(OCC(C)C)c(C(C)C)cc1O. The van der Waals surface area contributed by atoms with Gasteiger partial charge in [0.15, 0.2) is 0 Å². The Balaban J connectivity index is 3.00. The molecule has 0 radical (unpaired) electrons. The van der Waals surface area contributed by atoms with Gasteiger partial charge in [-0.05, 0) is 36.5 Å². The van der Waals surface area contributed by atoms with Crippen LogP contribution in [0.1, 0.15) is 44.7 Å². The second-order valence-corrected chi connectivity index (χ2v) is 5.04. The van der Waals surface area contributed by atoms with Gasteiger partial charge in [-0.15, -0.1) is 0 Å². The van der Waals surface area contributed by atoms with Gasteiger partial charge in [0.05, 0.1) is 6.61 Å². The number of hydrogen-bond acceptors (Lipinski definition) is 2. The fourth-order valence-corrected chi connectivity index (χ4v) is 1.52. The third-order valence-electron chi connectivity index (χ3n) is 2.52. The van der Waals surface area contributed by atoms with E-state index in [0.717, 1.165) is 16.9 Å².